The molecule has 0 fully saturated rings. The summed E-state index contributed by atoms with van der Waals surface area (Å²) in [6.45, 7) is 0. The van der Waals surface area contributed by atoms with Crippen LogP contribution in [0.4, 0.5) is 5.00 Å². The van der Waals surface area contributed by atoms with Gasteiger partial charge in [-0.15, -0.1) is 11.3 Å². The van der Waals surface area contributed by atoms with E-state index in [2.05, 4.69) is 22.0 Å². The van der Waals surface area contributed by atoms with Crippen molar-refractivity contribution in [3.63, 3.8) is 0 Å². The third-order valence-corrected chi connectivity index (χ3v) is 3.66. The van der Waals surface area contributed by atoms with Crippen molar-refractivity contribution in [3.8, 4) is 6.07 Å². The van der Waals surface area contributed by atoms with Crippen molar-refractivity contribution < 1.29 is 0 Å². The van der Waals surface area contributed by atoms with Gasteiger partial charge in [-0.2, -0.15) is 5.26 Å². The molecule has 0 atom stereocenters. The van der Waals surface area contributed by atoms with Crippen molar-refractivity contribution in [2.75, 3.05) is 5.73 Å². The second-order valence-corrected chi connectivity index (χ2v) is 4.55. The van der Waals surface area contributed by atoms with E-state index in [0.29, 0.717) is 5.56 Å². The van der Waals surface area contributed by atoms with Crippen LogP contribution in [0.15, 0.2) is 18.2 Å². The lowest BCUT2D eigenvalue weighted by Gasteiger charge is -1.98. The van der Waals surface area contributed by atoms with Crippen LogP contribution in [0.25, 0.3) is 10.1 Å². The maximum absolute atomic E-state index is 8.91. The van der Waals surface area contributed by atoms with E-state index in [9.17, 15) is 0 Å². The SMILES string of the molecule is N#Cc1ccc(CBr)c2cc(N)sc12. The highest BCUT2D eigenvalue weighted by molar-refractivity contribution is 9.08. The zero-order chi connectivity index (χ0) is 10.1. The maximum Gasteiger partial charge on any atom is 0.101 e. The largest absolute Gasteiger partial charge is 0.391 e. The number of benzene rings is 1. The second-order valence-electron chi connectivity index (χ2n) is 2.91. The molecule has 0 aliphatic heterocycles. The summed E-state index contributed by atoms with van der Waals surface area (Å²) in [5, 5.41) is 11.5. The Morgan fingerprint density at radius 3 is 2.93 bits per heavy atom. The summed E-state index contributed by atoms with van der Waals surface area (Å²) in [5.41, 5.74) is 7.61. The first-order valence-corrected chi connectivity index (χ1v) is 5.97. The Morgan fingerprint density at radius 1 is 1.50 bits per heavy atom. The number of hydrogen-bond acceptors (Lipinski definition) is 3. The fourth-order valence-corrected chi connectivity index (χ4v) is 2.83. The number of fused-ring (bicyclic) bond motifs is 1. The standard InChI is InChI=1S/C10H7BrN2S/c11-4-6-1-2-7(5-12)10-8(6)3-9(13)14-10/h1-3H,4,13H2. The molecule has 0 aliphatic rings. The smallest absolute Gasteiger partial charge is 0.101 e. The molecule has 0 aliphatic carbocycles. The van der Waals surface area contributed by atoms with Gasteiger partial charge in [-0.25, -0.2) is 0 Å². The highest BCUT2D eigenvalue weighted by Crippen LogP contribution is 2.33. The molecule has 0 saturated carbocycles. The van der Waals surface area contributed by atoms with Gasteiger partial charge in [-0.3, -0.25) is 0 Å². The minimum absolute atomic E-state index is 0.700. The molecule has 0 saturated heterocycles. The lowest BCUT2D eigenvalue weighted by Crippen LogP contribution is -1.81. The number of nitrogens with zero attached hydrogens (tertiary/aromatic N) is 1. The lowest BCUT2D eigenvalue weighted by molar-refractivity contribution is 1.47. The Morgan fingerprint density at radius 2 is 2.29 bits per heavy atom. The zero-order valence-corrected chi connectivity index (χ0v) is 9.65. The van der Waals surface area contributed by atoms with E-state index in [0.717, 1.165) is 20.4 Å². The number of nitrogens with two attached hydrogens (primary N) is 1. The van der Waals surface area contributed by atoms with Crippen molar-refractivity contribution in [1.29, 1.82) is 5.26 Å². The summed E-state index contributed by atoms with van der Waals surface area (Å²) in [6, 6.07) is 7.90. The van der Waals surface area contributed by atoms with E-state index < -0.39 is 0 Å². The second kappa shape index (κ2) is 3.60. The molecule has 2 aromatic rings. The number of thiophene rings is 1. The molecular formula is C10H7BrN2S. The normalized spacial score (nSPS) is 10.3. The monoisotopic (exact) mass is 266 g/mol. The fourth-order valence-electron chi connectivity index (χ4n) is 1.40. The highest BCUT2D eigenvalue weighted by atomic mass is 79.9. The van der Waals surface area contributed by atoms with Gasteiger partial charge in [-0.05, 0) is 23.1 Å². The zero-order valence-electron chi connectivity index (χ0n) is 7.25. The van der Waals surface area contributed by atoms with Crippen molar-refractivity contribution in [2.45, 2.75) is 5.33 Å². The summed E-state index contributed by atoms with van der Waals surface area (Å²) in [4.78, 5) is 0. The van der Waals surface area contributed by atoms with E-state index in [1.807, 2.05) is 18.2 Å². The van der Waals surface area contributed by atoms with Crippen LogP contribution in [-0.4, -0.2) is 0 Å². The van der Waals surface area contributed by atoms with E-state index in [-0.39, 0.29) is 0 Å². The summed E-state index contributed by atoms with van der Waals surface area (Å²) < 4.78 is 0.988. The van der Waals surface area contributed by atoms with Crippen LogP contribution in [0.1, 0.15) is 11.1 Å². The number of nitriles is 1. The van der Waals surface area contributed by atoms with Crippen LogP contribution in [0.3, 0.4) is 0 Å². The average Bonchev–Trinajstić information content (AvgIpc) is 2.57. The molecule has 2 N–H and O–H groups in total. The first-order chi connectivity index (χ1) is 6.76. The molecule has 2 rings (SSSR count). The van der Waals surface area contributed by atoms with Crippen molar-refractivity contribution in [3.05, 3.63) is 29.3 Å². The first-order valence-electron chi connectivity index (χ1n) is 4.03. The molecule has 0 bridgehead atoms. The predicted octanol–water partition coefficient (Wildman–Crippen LogP) is 3.25. The van der Waals surface area contributed by atoms with Crippen LogP contribution < -0.4 is 5.73 Å². The van der Waals surface area contributed by atoms with Crippen molar-refractivity contribution in [1.82, 2.24) is 0 Å². The van der Waals surface area contributed by atoms with Crippen LogP contribution in [-0.2, 0) is 5.33 Å². The Balaban J connectivity index is 2.86. The topological polar surface area (TPSA) is 49.8 Å². The van der Waals surface area contributed by atoms with E-state index >= 15 is 0 Å². The minimum Gasteiger partial charge on any atom is -0.391 e. The number of anilines is 1. The maximum atomic E-state index is 8.91. The van der Waals surface area contributed by atoms with Gasteiger partial charge in [0.05, 0.1) is 15.3 Å². The van der Waals surface area contributed by atoms with Gasteiger partial charge in [-0.1, -0.05) is 22.0 Å². The van der Waals surface area contributed by atoms with E-state index in [1.54, 1.807) is 0 Å². The number of rotatable bonds is 1. The van der Waals surface area contributed by atoms with Crippen LogP contribution in [0.2, 0.25) is 0 Å². The van der Waals surface area contributed by atoms with E-state index in [1.165, 1.54) is 16.9 Å². The summed E-state index contributed by atoms with van der Waals surface area (Å²) in [7, 11) is 0. The highest BCUT2D eigenvalue weighted by Gasteiger charge is 2.08. The molecule has 0 unspecified atom stereocenters. The number of nitrogen functional groups attached to an aromatic ring is 1. The molecule has 70 valence electrons. The van der Waals surface area contributed by atoms with Gasteiger partial charge >= 0.3 is 0 Å². The molecule has 0 radical (unpaired) electrons. The molecular weight excluding hydrogens is 260 g/mol. The molecule has 1 heterocycles. The molecule has 14 heavy (non-hydrogen) atoms. The van der Waals surface area contributed by atoms with Gasteiger partial charge in [0.1, 0.15) is 6.07 Å². The van der Waals surface area contributed by atoms with Gasteiger partial charge in [0.2, 0.25) is 0 Å². The van der Waals surface area contributed by atoms with Crippen LogP contribution >= 0.6 is 27.3 Å². The fraction of sp³-hybridized carbons (Fsp3) is 0.100. The van der Waals surface area contributed by atoms with Gasteiger partial charge in [0.25, 0.3) is 0 Å². The van der Waals surface area contributed by atoms with E-state index in [4.69, 9.17) is 11.0 Å². The summed E-state index contributed by atoms with van der Waals surface area (Å²) >= 11 is 4.88. The predicted molar refractivity (Wildman–Crippen MR) is 63.6 cm³/mol. The Labute approximate surface area is 94.1 Å². The average molecular weight is 267 g/mol. The molecule has 1 aromatic carbocycles. The first kappa shape index (κ1) is 9.50. The molecule has 4 heteroatoms. The number of halogens is 1. The third kappa shape index (κ3) is 1.39. The molecule has 0 amide bonds. The lowest BCUT2D eigenvalue weighted by atomic mass is 10.1. The summed E-state index contributed by atoms with van der Waals surface area (Å²) in [5.74, 6) is 0. The quantitative estimate of drug-likeness (QED) is 0.806. The van der Waals surface area contributed by atoms with Crippen LogP contribution in [0, 0.1) is 11.3 Å². The molecule has 0 spiro atoms. The Kier molecular flexibility index (Phi) is 2.44. The van der Waals surface area contributed by atoms with Crippen molar-refractivity contribution >= 4 is 42.4 Å². The molecule has 2 nitrogen and oxygen atoms in total. The van der Waals surface area contributed by atoms with Gasteiger partial charge in [0.15, 0.2) is 0 Å². The molecule has 1 aromatic heterocycles. The number of hydrogen-bond donors (Lipinski definition) is 1. The van der Waals surface area contributed by atoms with Crippen LogP contribution in [0.5, 0.6) is 0 Å². The third-order valence-electron chi connectivity index (χ3n) is 2.06. The van der Waals surface area contributed by atoms with Crippen molar-refractivity contribution in [2.24, 2.45) is 0 Å². The Bertz CT molecular complexity index is 525. The Hall–Kier alpha value is -1.05. The minimum atomic E-state index is 0.700. The summed E-state index contributed by atoms with van der Waals surface area (Å²) in [6.07, 6.45) is 0. The number of alkyl halides is 1. The van der Waals surface area contributed by atoms with Gasteiger partial charge < -0.3 is 5.73 Å². The van der Waals surface area contributed by atoms with Gasteiger partial charge in [0, 0.05) is 5.33 Å².